The second-order valence-electron chi connectivity index (χ2n) is 23.7. The van der Waals surface area contributed by atoms with Gasteiger partial charge in [0.2, 0.25) is 0 Å². The van der Waals surface area contributed by atoms with Gasteiger partial charge in [-0.05, 0) is 103 Å². The summed E-state index contributed by atoms with van der Waals surface area (Å²) in [5.74, 6) is -2.00. The third-order valence-electron chi connectivity index (χ3n) is 14.5. The molecule has 0 aliphatic heterocycles. The van der Waals surface area contributed by atoms with Gasteiger partial charge in [0.1, 0.15) is 13.2 Å². The van der Waals surface area contributed by atoms with Crippen LogP contribution in [0.1, 0.15) is 284 Å². The van der Waals surface area contributed by atoms with E-state index in [1.807, 2.05) is 21.1 Å². The van der Waals surface area contributed by atoms with Crippen molar-refractivity contribution in [2.75, 3.05) is 47.5 Å². The molecular formula is C74H128NO8+. The zero-order valence-corrected chi connectivity index (χ0v) is 54.3. The standard InChI is InChI=1S/C74H127NO8/c1-6-8-10-12-14-16-18-20-22-24-26-27-28-29-30-31-32-33-34-35-36-37-38-39-40-41-42-43-44-45-47-49-51-53-55-57-59-61-63-65-72(77)83-70(69-82-74(73(78)79)80-67-66-75(3,4)5)68-81-71(76)64-62-60-58-56-54-52-50-48-46-25-23-21-19-17-15-13-11-9-7-2/h8,10,14-17,20-23,26-27,29-30,32-33,35-36,70,74H,6-7,9,11-13,18-19,24-25,28,31,34,37-69H2,1-5H3/p+1/b10-8-,16-14-,17-15-,22-20-,23-21-,27-26-,30-29-,33-32-,36-35-. The average molecular weight is 1160 g/mol. The molecule has 0 radical (unpaired) electrons. The molecule has 9 nitrogen and oxygen atoms in total. The van der Waals surface area contributed by atoms with E-state index in [0.717, 1.165) is 89.9 Å². The van der Waals surface area contributed by atoms with E-state index in [1.165, 1.54) is 167 Å². The van der Waals surface area contributed by atoms with Gasteiger partial charge in [0, 0.05) is 12.8 Å². The van der Waals surface area contributed by atoms with Crippen LogP contribution in [0, 0.1) is 0 Å². The molecular weight excluding hydrogens is 1030 g/mol. The third kappa shape index (κ3) is 65.3. The van der Waals surface area contributed by atoms with Crippen molar-refractivity contribution >= 4 is 17.9 Å². The number of likely N-dealkylation sites (N-methyl/N-ethyl adjacent to an activating group) is 1. The molecule has 0 aliphatic carbocycles. The number of rotatable bonds is 62. The molecule has 2 unspecified atom stereocenters. The number of allylic oxidation sites excluding steroid dienone is 18. The van der Waals surface area contributed by atoms with E-state index in [-0.39, 0.29) is 32.2 Å². The normalized spacial score (nSPS) is 13.4. The van der Waals surface area contributed by atoms with Gasteiger partial charge in [0.05, 0.1) is 34.4 Å². The number of unbranched alkanes of at least 4 members (excludes halogenated alkanes) is 29. The summed E-state index contributed by atoms with van der Waals surface area (Å²) in [7, 11) is 5.97. The lowest BCUT2D eigenvalue weighted by atomic mass is 10.0. The van der Waals surface area contributed by atoms with Gasteiger partial charge in [-0.15, -0.1) is 0 Å². The summed E-state index contributed by atoms with van der Waals surface area (Å²) in [4.78, 5) is 37.5. The highest BCUT2D eigenvalue weighted by Crippen LogP contribution is 2.17. The van der Waals surface area contributed by atoms with Crippen molar-refractivity contribution in [1.82, 2.24) is 0 Å². The maximum atomic E-state index is 12.9. The Bertz CT molecular complexity index is 1730. The van der Waals surface area contributed by atoms with Gasteiger partial charge in [0.25, 0.3) is 6.29 Å². The molecule has 0 amide bonds. The van der Waals surface area contributed by atoms with E-state index >= 15 is 0 Å². The smallest absolute Gasteiger partial charge is 0.361 e. The van der Waals surface area contributed by atoms with E-state index in [0.29, 0.717) is 17.4 Å². The van der Waals surface area contributed by atoms with Crippen molar-refractivity contribution in [3.63, 3.8) is 0 Å². The van der Waals surface area contributed by atoms with E-state index < -0.39 is 24.3 Å². The molecule has 0 aromatic carbocycles. The summed E-state index contributed by atoms with van der Waals surface area (Å²) in [6, 6.07) is 0. The molecule has 1 N–H and O–H groups in total. The number of carbonyl (C=O) groups is 3. The quantitative estimate of drug-likeness (QED) is 0.0211. The first kappa shape index (κ1) is 79.0. The maximum Gasteiger partial charge on any atom is 0.361 e. The number of hydrogen-bond donors (Lipinski definition) is 1. The SMILES string of the molecule is CC/C=C\C/C=C\C/C=C\C/C=C\C/C=C\C/C=C\C/C=C\CCCCCCCCCCCCCCCCCCCC(=O)OC(COC(=O)CCCCCCCCCCC/C=C\C/C=C\CCCCC)COC(OCC[N+](C)(C)C)C(=O)O. The van der Waals surface area contributed by atoms with Crippen molar-refractivity contribution in [2.24, 2.45) is 0 Å². The topological polar surface area (TPSA) is 108 Å². The Morgan fingerprint density at radius 2 is 0.687 bits per heavy atom. The molecule has 0 saturated carbocycles. The van der Waals surface area contributed by atoms with Gasteiger partial charge >= 0.3 is 17.9 Å². The predicted molar refractivity (Wildman–Crippen MR) is 355 cm³/mol. The lowest BCUT2D eigenvalue weighted by Gasteiger charge is -2.25. The highest BCUT2D eigenvalue weighted by molar-refractivity contribution is 5.71. The van der Waals surface area contributed by atoms with Crippen LogP contribution in [0.4, 0.5) is 0 Å². The fourth-order valence-electron chi connectivity index (χ4n) is 9.32. The second kappa shape index (κ2) is 64.0. The Labute approximate surface area is 511 Å². The summed E-state index contributed by atoms with van der Waals surface area (Å²) in [5.41, 5.74) is 0. The van der Waals surface area contributed by atoms with Gasteiger partial charge < -0.3 is 28.5 Å². The molecule has 0 saturated heterocycles. The number of esters is 2. The van der Waals surface area contributed by atoms with Crippen molar-refractivity contribution in [2.45, 2.75) is 296 Å². The Balaban J connectivity index is 4.07. The summed E-state index contributed by atoms with van der Waals surface area (Å²) in [6.45, 7) is 4.75. The fourth-order valence-corrected chi connectivity index (χ4v) is 9.32. The van der Waals surface area contributed by atoms with E-state index in [2.05, 4.69) is 123 Å². The number of carboxylic acids is 1. The lowest BCUT2D eigenvalue weighted by molar-refractivity contribution is -0.870. The number of ether oxygens (including phenoxy) is 4. The van der Waals surface area contributed by atoms with Crippen molar-refractivity contribution < 1.29 is 42.9 Å². The Morgan fingerprint density at radius 3 is 1.02 bits per heavy atom. The molecule has 0 bridgehead atoms. The van der Waals surface area contributed by atoms with Gasteiger partial charge in [0.15, 0.2) is 6.10 Å². The predicted octanol–water partition coefficient (Wildman–Crippen LogP) is 21.0. The number of hydrogen-bond acceptors (Lipinski definition) is 7. The van der Waals surface area contributed by atoms with Crippen LogP contribution < -0.4 is 0 Å². The highest BCUT2D eigenvalue weighted by Gasteiger charge is 2.25. The van der Waals surface area contributed by atoms with Crippen LogP contribution in [0.15, 0.2) is 109 Å². The van der Waals surface area contributed by atoms with Crippen LogP contribution in [0.5, 0.6) is 0 Å². The molecule has 0 aromatic heterocycles. The van der Waals surface area contributed by atoms with Crippen LogP contribution in [-0.2, 0) is 33.3 Å². The highest BCUT2D eigenvalue weighted by atomic mass is 16.7. The molecule has 0 fully saturated rings. The van der Waals surface area contributed by atoms with Crippen LogP contribution in [-0.4, -0.2) is 87.4 Å². The van der Waals surface area contributed by atoms with Crippen LogP contribution in [0.2, 0.25) is 0 Å². The van der Waals surface area contributed by atoms with Crippen molar-refractivity contribution in [3.8, 4) is 0 Å². The van der Waals surface area contributed by atoms with Crippen LogP contribution in [0.25, 0.3) is 0 Å². The first-order chi connectivity index (χ1) is 40.6. The molecule has 83 heavy (non-hydrogen) atoms. The van der Waals surface area contributed by atoms with Crippen molar-refractivity contribution in [3.05, 3.63) is 109 Å². The summed E-state index contributed by atoms with van der Waals surface area (Å²) < 4.78 is 22.9. The Hall–Kier alpha value is -4.05. The maximum absolute atomic E-state index is 12.9. The third-order valence-corrected chi connectivity index (χ3v) is 14.5. The lowest BCUT2D eigenvalue weighted by Crippen LogP contribution is -2.40. The molecule has 2 atom stereocenters. The number of quaternary nitrogens is 1. The Kier molecular flexibility index (Phi) is 60.8. The summed E-state index contributed by atoms with van der Waals surface area (Å²) in [6.07, 6.45) is 86.2. The average Bonchev–Trinajstić information content (AvgIpc) is 3.46. The minimum Gasteiger partial charge on any atom is -0.477 e. The number of carbonyl (C=O) groups excluding carboxylic acids is 2. The molecule has 0 aliphatic rings. The molecule has 476 valence electrons. The molecule has 0 rings (SSSR count). The van der Waals surface area contributed by atoms with E-state index in [1.54, 1.807) is 0 Å². The van der Waals surface area contributed by atoms with E-state index in [9.17, 15) is 19.5 Å². The second-order valence-corrected chi connectivity index (χ2v) is 23.7. The summed E-state index contributed by atoms with van der Waals surface area (Å²) in [5, 5.41) is 9.73. The zero-order valence-electron chi connectivity index (χ0n) is 54.3. The first-order valence-corrected chi connectivity index (χ1v) is 34.1. The Morgan fingerprint density at radius 1 is 0.373 bits per heavy atom. The first-order valence-electron chi connectivity index (χ1n) is 34.1. The zero-order chi connectivity index (χ0) is 60.5. The summed E-state index contributed by atoms with van der Waals surface area (Å²) >= 11 is 0. The number of carboxylic acid groups (broad SMARTS) is 1. The van der Waals surface area contributed by atoms with E-state index in [4.69, 9.17) is 18.9 Å². The van der Waals surface area contributed by atoms with Crippen LogP contribution in [0.3, 0.4) is 0 Å². The number of nitrogens with zero attached hydrogens (tertiary/aromatic N) is 1. The van der Waals surface area contributed by atoms with Gasteiger partial charge in [-0.25, -0.2) is 4.79 Å². The monoisotopic (exact) mass is 1160 g/mol. The minimum atomic E-state index is -1.51. The van der Waals surface area contributed by atoms with Crippen molar-refractivity contribution in [1.29, 1.82) is 0 Å². The van der Waals surface area contributed by atoms with Crippen LogP contribution >= 0.6 is 0 Å². The largest absolute Gasteiger partial charge is 0.477 e. The fraction of sp³-hybridized carbons (Fsp3) is 0.716. The molecule has 9 heteroatoms. The van der Waals surface area contributed by atoms with Gasteiger partial charge in [-0.3, -0.25) is 9.59 Å². The number of aliphatic carboxylic acids is 1. The molecule has 0 aromatic rings. The molecule has 0 spiro atoms. The minimum absolute atomic E-state index is 0.184. The van der Waals surface area contributed by atoms with Gasteiger partial charge in [-0.1, -0.05) is 277 Å². The van der Waals surface area contributed by atoms with Gasteiger partial charge in [-0.2, -0.15) is 0 Å². The molecule has 0 heterocycles.